The summed E-state index contributed by atoms with van der Waals surface area (Å²) in [4.78, 5) is 0. The van der Waals surface area contributed by atoms with E-state index in [-0.39, 0.29) is 0 Å². The molecule has 3 heteroatoms. The van der Waals surface area contributed by atoms with E-state index in [4.69, 9.17) is 0 Å². The molecule has 0 radical (unpaired) electrons. The summed E-state index contributed by atoms with van der Waals surface area (Å²) in [5.41, 5.74) is 3.19. The molecule has 0 aliphatic rings. The van der Waals surface area contributed by atoms with Crippen molar-refractivity contribution in [2.75, 3.05) is 0 Å². The molecule has 0 saturated heterocycles. The van der Waals surface area contributed by atoms with E-state index in [0.29, 0.717) is 0 Å². The smallest absolute Gasteiger partial charge is 0.0745 e. The Morgan fingerprint density at radius 3 is 1.43 bits per heavy atom. The zero-order valence-corrected chi connectivity index (χ0v) is 19.4. The molecular weight excluding hydrogens is 432 g/mol. The summed E-state index contributed by atoms with van der Waals surface area (Å²) in [5, 5.41) is 0. The summed E-state index contributed by atoms with van der Waals surface area (Å²) in [6, 6.07) is 0. The highest BCUT2D eigenvalue weighted by atomic mass is 79.9. The molecule has 0 aliphatic heterocycles. The number of unbranched alkanes of at least 4 members (excludes halogenated alkanes) is 2. The fraction of sp³-hybridized carbons (Fsp3) is 0.800. The second-order valence-corrected chi connectivity index (χ2v) is 10.5. The molecule has 2 unspecified atom stereocenters. The Balaban J connectivity index is 2.86. The Hall–Kier alpha value is 0.660. The molecule has 0 fully saturated rings. The predicted octanol–water partition coefficient (Wildman–Crippen LogP) is 8.79. The van der Waals surface area contributed by atoms with Gasteiger partial charge in [-0.3, -0.25) is 0 Å². The Morgan fingerprint density at radius 1 is 0.739 bits per heavy atom. The quantitative estimate of drug-likeness (QED) is 0.289. The van der Waals surface area contributed by atoms with Crippen LogP contribution in [0.1, 0.15) is 90.2 Å². The van der Waals surface area contributed by atoms with Crippen molar-refractivity contribution in [3.05, 3.63) is 18.7 Å². The van der Waals surface area contributed by atoms with Gasteiger partial charge in [0.05, 0.1) is 7.57 Å². The van der Waals surface area contributed by atoms with Crippen molar-refractivity contribution in [1.82, 2.24) is 0 Å². The van der Waals surface area contributed by atoms with Crippen LogP contribution in [0.3, 0.4) is 0 Å². The molecule has 0 saturated carbocycles. The first kappa shape index (κ1) is 21.7. The Bertz CT molecular complexity index is 401. The largest absolute Gasteiger partial charge is 0.121 e. The maximum atomic E-state index is 3.85. The van der Waals surface area contributed by atoms with Crippen LogP contribution in [-0.2, 0) is 12.8 Å². The van der Waals surface area contributed by atoms with Crippen molar-refractivity contribution in [2.45, 2.75) is 91.9 Å². The van der Waals surface area contributed by atoms with Gasteiger partial charge in [-0.25, -0.2) is 0 Å². The van der Waals surface area contributed by atoms with Crippen LogP contribution in [0.15, 0.2) is 7.57 Å². The lowest BCUT2D eigenvalue weighted by Gasteiger charge is -2.19. The van der Waals surface area contributed by atoms with Gasteiger partial charge in [0.1, 0.15) is 0 Å². The SMILES string of the molecule is CCCCC(CC)Cc1c(Br)sc(Br)c1CC(CC)CCCC. The predicted molar refractivity (Wildman–Crippen MR) is 114 cm³/mol. The molecule has 0 amide bonds. The van der Waals surface area contributed by atoms with Gasteiger partial charge in [-0.05, 0) is 67.7 Å². The molecule has 134 valence electrons. The monoisotopic (exact) mass is 464 g/mol. The van der Waals surface area contributed by atoms with Gasteiger partial charge in [-0.15, -0.1) is 11.3 Å². The van der Waals surface area contributed by atoms with E-state index in [0.717, 1.165) is 11.8 Å². The van der Waals surface area contributed by atoms with Crippen LogP contribution >= 0.6 is 43.2 Å². The zero-order chi connectivity index (χ0) is 17.2. The summed E-state index contributed by atoms with van der Waals surface area (Å²) in [7, 11) is 0. The average molecular weight is 466 g/mol. The minimum Gasteiger partial charge on any atom is -0.121 e. The topological polar surface area (TPSA) is 0 Å². The van der Waals surface area contributed by atoms with E-state index >= 15 is 0 Å². The summed E-state index contributed by atoms with van der Waals surface area (Å²) in [5.74, 6) is 1.67. The van der Waals surface area contributed by atoms with Crippen LogP contribution in [-0.4, -0.2) is 0 Å². The summed E-state index contributed by atoms with van der Waals surface area (Å²) < 4.78 is 2.72. The highest BCUT2D eigenvalue weighted by Crippen LogP contribution is 2.41. The molecule has 0 bridgehead atoms. The fourth-order valence-corrected chi connectivity index (χ4v) is 6.55. The van der Waals surface area contributed by atoms with Gasteiger partial charge in [0.25, 0.3) is 0 Å². The lowest BCUT2D eigenvalue weighted by atomic mass is 9.87. The summed E-state index contributed by atoms with van der Waals surface area (Å²) in [6.07, 6.45) is 13.2. The van der Waals surface area contributed by atoms with Crippen LogP contribution in [0, 0.1) is 11.8 Å². The fourth-order valence-electron chi connectivity index (χ4n) is 3.31. The zero-order valence-electron chi connectivity index (χ0n) is 15.4. The molecule has 0 aromatic carbocycles. The van der Waals surface area contributed by atoms with Gasteiger partial charge in [0, 0.05) is 0 Å². The van der Waals surface area contributed by atoms with Crippen LogP contribution in [0.2, 0.25) is 0 Å². The molecule has 1 aromatic rings. The third-order valence-electron chi connectivity index (χ3n) is 5.09. The van der Waals surface area contributed by atoms with Crippen molar-refractivity contribution in [1.29, 1.82) is 0 Å². The van der Waals surface area contributed by atoms with Crippen molar-refractivity contribution in [2.24, 2.45) is 11.8 Å². The first-order valence-electron chi connectivity index (χ1n) is 9.52. The molecular formula is C20H34Br2S. The van der Waals surface area contributed by atoms with Crippen molar-refractivity contribution >= 4 is 43.2 Å². The highest BCUT2D eigenvalue weighted by Gasteiger charge is 2.20. The minimum absolute atomic E-state index is 0.835. The van der Waals surface area contributed by atoms with Gasteiger partial charge in [0.15, 0.2) is 0 Å². The number of hydrogen-bond acceptors (Lipinski definition) is 1. The van der Waals surface area contributed by atoms with E-state index in [1.807, 2.05) is 11.3 Å². The molecule has 1 heterocycles. The van der Waals surface area contributed by atoms with E-state index in [1.54, 1.807) is 11.1 Å². The molecule has 1 aromatic heterocycles. The first-order valence-corrected chi connectivity index (χ1v) is 11.9. The second kappa shape index (κ2) is 12.1. The maximum absolute atomic E-state index is 3.85. The number of thiophene rings is 1. The standard InChI is InChI=1S/C20H34Br2S/c1-5-9-11-15(7-3)13-17-18(20(22)23-19(17)21)14-16(8-4)12-10-6-2/h15-16H,5-14H2,1-4H3. The van der Waals surface area contributed by atoms with Crippen molar-refractivity contribution in [3.63, 3.8) is 0 Å². The first-order chi connectivity index (χ1) is 11.1. The average Bonchev–Trinajstić information content (AvgIpc) is 2.81. The van der Waals surface area contributed by atoms with Crippen LogP contribution < -0.4 is 0 Å². The Morgan fingerprint density at radius 2 is 1.13 bits per heavy atom. The van der Waals surface area contributed by atoms with E-state index in [2.05, 4.69) is 59.6 Å². The van der Waals surface area contributed by atoms with Gasteiger partial charge < -0.3 is 0 Å². The van der Waals surface area contributed by atoms with Gasteiger partial charge in [0.2, 0.25) is 0 Å². The number of hydrogen-bond donors (Lipinski definition) is 0. The molecule has 0 spiro atoms. The van der Waals surface area contributed by atoms with Gasteiger partial charge in [-0.1, -0.05) is 79.1 Å². The van der Waals surface area contributed by atoms with Crippen LogP contribution in [0.5, 0.6) is 0 Å². The third-order valence-corrected chi connectivity index (χ3v) is 7.87. The second-order valence-electron chi connectivity index (χ2n) is 6.85. The molecule has 23 heavy (non-hydrogen) atoms. The summed E-state index contributed by atoms with van der Waals surface area (Å²) in [6.45, 7) is 9.31. The number of rotatable bonds is 12. The minimum atomic E-state index is 0.835. The molecule has 0 aliphatic carbocycles. The van der Waals surface area contributed by atoms with Crippen molar-refractivity contribution in [3.8, 4) is 0 Å². The van der Waals surface area contributed by atoms with E-state index in [9.17, 15) is 0 Å². The van der Waals surface area contributed by atoms with Crippen LogP contribution in [0.4, 0.5) is 0 Å². The summed E-state index contributed by atoms with van der Waals surface area (Å²) >= 11 is 9.58. The Kier molecular flexibility index (Phi) is 11.4. The molecule has 0 N–H and O–H groups in total. The van der Waals surface area contributed by atoms with Gasteiger partial charge >= 0.3 is 0 Å². The number of halogens is 2. The maximum Gasteiger partial charge on any atom is 0.0745 e. The van der Waals surface area contributed by atoms with E-state index < -0.39 is 0 Å². The van der Waals surface area contributed by atoms with E-state index in [1.165, 1.54) is 71.8 Å². The molecule has 2 atom stereocenters. The van der Waals surface area contributed by atoms with Crippen molar-refractivity contribution < 1.29 is 0 Å². The third kappa shape index (κ3) is 7.20. The normalized spacial score (nSPS) is 14.2. The molecule has 1 rings (SSSR count). The van der Waals surface area contributed by atoms with Gasteiger partial charge in [-0.2, -0.15) is 0 Å². The Labute approximate surface area is 165 Å². The lowest BCUT2D eigenvalue weighted by molar-refractivity contribution is 0.434. The lowest BCUT2D eigenvalue weighted by Crippen LogP contribution is -2.09. The van der Waals surface area contributed by atoms with Crippen LogP contribution in [0.25, 0.3) is 0 Å². The molecule has 0 nitrogen and oxygen atoms in total. The highest BCUT2D eigenvalue weighted by molar-refractivity contribution is 9.12.